The number of aliphatic carboxylic acids is 1. The van der Waals surface area contributed by atoms with Gasteiger partial charge < -0.3 is 20.4 Å². The number of rotatable bonds is 7. The van der Waals surface area contributed by atoms with Gasteiger partial charge in [-0.15, -0.1) is 0 Å². The Kier molecular flexibility index (Phi) is 6.63. The summed E-state index contributed by atoms with van der Waals surface area (Å²) in [5.74, 6) is -1.63. The zero-order chi connectivity index (χ0) is 14.3. The third-order valence-corrected chi connectivity index (χ3v) is 3.13. The SMILES string of the molecule is CN(CCO)C(=O)NC(CCS(C)(=O)=O)C(=O)O. The smallest absolute Gasteiger partial charge is 0.326 e. The molecule has 0 heterocycles. The van der Waals surface area contributed by atoms with E-state index in [2.05, 4.69) is 5.32 Å². The predicted molar refractivity (Wildman–Crippen MR) is 64.0 cm³/mol. The third kappa shape index (κ3) is 7.07. The van der Waals surface area contributed by atoms with Crippen molar-refractivity contribution in [1.29, 1.82) is 0 Å². The molecule has 0 rings (SSSR count). The second kappa shape index (κ2) is 7.17. The Balaban J connectivity index is 4.45. The van der Waals surface area contributed by atoms with Crippen LogP contribution in [-0.2, 0) is 14.6 Å². The molecule has 8 nitrogen and oxygen atoms in total. The standard InChI is InChI=1S/C9H18N2O6S/c1-11(4-5-12)9(15)10-7(8(13)14)3-6-18(2,16)17/h7,12H,3-6H2,1-2H3,(H,10,15)(H,13,14). The number of sulfone groups is 1. The summed E-state index contributed by atoms with van der Waals surface area (Å²) in [5.41, 5.74) is 0. The highest BCUT2D eigenvalue weighted by Gasteiger charge is 2.22. The Morgan fingerprint density at radius 1 is 1.39 bits per heavy atom. The molecule has 3 N–H and O–H groups in total. The maximum absolute atomic E-state index is 11.5. The molecule has 0 aromatic carbocycles. The van der Waals surface area contributed by atoms with Crippen molar-refractivity contribution < 1.29 is 28.2 Å². The van der Waals surface area contributed by atoms with Crippen LogP contribution in [0.3, 0.4) is 0 Å². The number of carbonyl (C=O) groups is 2. The summed E-state index contributed by atoms with van der Waals surface area (Å²) < 4.78 is 21.9. The molecule has 0 aromatic rings. The van der Waals surface area contributed by atoms with Crippen molar-refractivity contribution in [3.05, 3.63) is 0 Å². The van der Waals surface area contributed by atoms with E-state index in [-0.39, 0.29) is 25.3 Å². The molecule has 0 aromatic heterocycles. The van der Waals surface area contributed by atoms with Crippen molar-refractivity contribution in [1.82, 2.24) is 10.2 Å². The summed E-state index contributed by atoms with van der Waals surface area (Å²) in [6.07, 6.45) is 0.790. The molecule has 1 atom stereocenters. The minimum atomic E-state index is -3.29. The number of nitrogens with one attached hydrogen (secondary N) is 1. The number of urea groups is 1. The van der Waals surface area contributed by atoms with Crippen LogP contribution in [-0.4, -0.2) is 73.8 Å². The predicted octanol–water partition coefficient (Wildman–Crippen LogP) is -1.49. The highest BCUT2D eigenvalue weighted by molar-refractivity contribution is 7.90. The molecule has 0 spiro atoms. The fourth-order valence-electron chi connectivity index (χ4n) is 1.10. The topological polar surface area (TPSA) is 124 Å². The number of hydrogen-bond acceptors (Lipinski definition) is 5. The quantitative estimate of drug-likeness (QED) is 0.522. The fourth-order valence-corrected chi connectivity index (χ4v) is 1.76. The van der Waals surface area contributed by atoms with Crippen molar-refractivity contribution in [2.24, 2.45) is 0 Å². The molecular weight excluding hydrogens is 264 g/mol. The van der Waals surface area contributed by atoms with E-state index >= 15 is 0 Å². The first-order chi connectivity index (χ1) is 8.17. The van der Waals surface area contributed by atoms with E-state index in [1.165, 1.54) is 7.05 Å². The number of carbonyl (C=O) groups excluding carboxylic acids is 1. The average molecular weight is 282 g/mol. The van der Waals surface area contributed by atoms with Gasteiger partial charge in [0.1, 0.15) is 15.9 Å². The first kappa shape index (κ1) is 16.6. The number of hydrogen-bond donors (Lipinski definition) is 3. The molecule has 0 aliphatic rings. The maximum atomic E-state index is 11.5. The number of likely N-dealkylation sites (N-methyl/N-ethyl adjacent to an activating group) is 1. The summed E-state index contributed by atoms with van der Waals surface area (Å²) in [6.45, 7) is -0.185. The number of nitrogens with zero attached hydrogens (tertiary/aromatic N) is 1. The summed E-state index contributed by atoms with van der Waals surface area (Å²) in [7, 11) is -1.90. The summed E-state index contributed by atoms with van der Waals surface area (Å²) >= 11 is 0. The Labute approximate surface area is 106 Å². The fraction of sp³-hybridized carbons (Fsp3) is 0.778. The molecule has 0 aliphatic carbocycles. The van der Waals surface area contributed by atoms with Gasteiger partial charge in [0.15, 0.2) is 0 Å². The molecule has 1 unspecified atom stereocenters. The molecule has 0 aliphatic heterocycles. The van der Waals surface area contributed by atoms with E-state index in [0.717, 1.165) is 11.2 Å². The van der Waals surface area contributed by atoms with Crippen molar-refractivity contribution >= 4 is 21.8 Å². The highest BCUT2D eigenvalue weighted by atomic mass is 32.2. The van der Waals surface area contributed by atoms with Crippen LogP contribution >= 0.6 is 0 Å². The van der Waals surface area contributed by atoms with Crippen molar-refractivity contribution in [3.8, 4) is 0 Å². The lowest BCUT2D eigenvalue weighted by atomic mass is 10.2. The molecule has 106 valence electrons. The van der Waals surface area contributed by atoms with Gasteiger partial charge in [0.05, 0.1) is 12.4 Å². The van der Waals surface area contributed by atoms with Crippen LogP contribution in [0.2, 0.25) is 0 Å². The Hall–Kier alpha value is -1.35. The highest BCUT2D eigenvalue weighted by Crippen LogP contribution is 1.98. The van der Waals surface area contributed by atoms with E-state index in [4.69, 9.17) is 10.2 Å². The van der Waals surface area contributed by atoms with Crippen molar-refractivity contribution in [2.45, 2.75) is 12.5 Å². The van der Waals surface area contributed by atoms with E-state index < -0.39 is 27.9 Å². The minimum absolute atomic E-state index is 0.0598. The second-order valence-electron chi connectivity index (χ2n) is 3.90. The monoisotopic (exact) mass is 282 g/mol. The van der Waals surface area contributed by atoms with E-state index in [9.17, 15) is 18.0 Å². The average Bonchev–Trinajstić information content (AvgIpc) is 2.22. The van der Waals surface area contributed by atoms with E-state index in [1.807, 2.05) is 0 Å². The minimum Gasteiger partial charge on any atom is -0.480 e. The van der Waals surface area contributed by atoms with E-state index in [0.29, 0.717) is 0 Å². The van der Waals surface area contributed by atoms with Crippen LogP contribution < -0.4 is 5.32 Å². The van der Waals surface area contributed by atoms with Crippen LogP contribution in [0, 0.1) is 0 Å². The number of aliphatic hydroxyl groups is 1. The van der Waals surface area contributed by atoms with Gasteiger partial charge in [-0.05, 0) is 6.42 Å². The van der Waals surface area contributed by atoms with Gasteiger partial charge in [0.2, 0.25) is 0 Å². The van der Waals surface area contributed by atoms with Gasteiger partial charge in [-0.1, -0.05) is 0 Å². The van der Waals surface area contributed by atoms with Crippen molar-refractivity contribution in [2.75, 3.05) is 32.2 Å². The molecule has 2 amide bonds. The molecule has 0 bridgehead atoms. The maximum Gasteiger partial charge on any atom is 0.326 e. The molecule has 0 fully saturated rings. The molecule has 9 heteroatoms. The molecule has 0 saturated heterocycles. The van der Waals surface area contributed by atoms with Gasteiger partial charge >= 0.3 is 12.0 Å². The zero-order valence-electron chi connectivity index (χ0n) is 10.3. The molecule has 0 saturated carbocycles. The van der Waals surface area contributed by atoms with Gasteiger partial charge in [-0.3, -0.25) is 0 Å². The van der Waals surface area contributed by atoms with Gasteiger partial charge in [0, 0.05) is 19.8 Å². The summed E-state index contributed by atoms with van der Waals surface area (Å²) in [4.78, 5) is 23.4. The summed E-state index contributed by atoms with van der Waals surface area (Å²) in [5, 5.41) is 19.7. The summed E-state index contributed by atoms with van der Waals surface area (Å²) in [6, 6.07) is -1.95. The number of carboxylic acids is 1. The lowest BCUT2D eigenvalue weighted by Gasteiger charge is -2.20. The van der Waals surface area contributed by atoms with Crippen LogP contribution in [0.1, 0.15) is 6.42 Å². The molecular formula is C9H18N2O6S. The lowest BCUT2D eigenvalue weighted by molar-refractivity contribution is -0.139. The number of aliphatic hydroxyl groups excluding tert-OH is 1. The van der Waals surface area contributed by atoms with Crippen LogP contribution in [0.15, 0.2) is 0 Å². The molecule has 18 heavy (non-hydrogen) atoms. The Morgan fingerprint density at radius 3 is 2.33 bits per heavy atom. The number of amides is 2. The van der Waals surface area contributed by atoms with Crippen molar-refractivity contribution in [3.63, 3.8) is 0 Å². The first-order valence-corrected chi connectivity index (χ1v) is 7.26. The third-order valence-electron chi connectivity index (χ3n) is 2.16. The van der Waals surface area contributed by atoms with Gasteiger partial charge in [-0.25, -0.2) is 18.0 Å². The lowest BCUT2D eigenvalue weighted by Crippen LogP contribution is -2.47. The number of carboxylic acid groups (broad SMARTS) is 1. The Morgan fingerprint density at radius 2 is 1.94 bits per heavy atom. The first-order valence-electron chi connectivity index (χ1n) is 5.20. The van der Waals surface area contributed by atoms with Crippen LogP contribution in [0.5, 0.6) is 0 Å². The Bertz CT molecular complexity index is 394. The van der Waals surface area contributed by atoms with E-state index in [1.54, 1.807) is 0 Å². The largest absolute Gasteiger partial charge is 0.480 e. The normalized spacial score (nSPS) is 12.8. The van der Waals surface area contributed by atoms with Gasteiger partial charge in [0.25, 0.3) is 0 Å². The zero-order valence-corrected chi connectivity index (χ0v) is 11.1. The molecule has 0 radical (unpaired) electrons. The second-order valence-corrected chi connectivity index (χ2v) is 6.16. The van der Waals surface area contributed by atoms with Gasteiger partial charge in [-0.2, -0.15) is 0 Å². The van der Waals surface area contributed by atoms with Crippen LogP contribution in [0.25, 0.3) is 0 Å². The van der Waals surface area contributed by atoms with Crippen LogP contribution in [0.4, 0.5) is 4.79 Å².